The van der Waals surface area contributed by atoms with Gasteiger partial charge in [-0.25, -0.2) is 4.98 Å². The fraction of sp³-hybridized carbons (Fsp3) is 0.231. The van der Waals surface area contributed by atoms with Gasteiger partial charge in [0.05, 0.1) is 5.69 Å². The molecule has 5 nitrogen and oxygen atoms in total. The number of hydrogen-bond donors (Lipinski definition) is 2. The summed E-state index contributed by atoms with van der Waals surface area (Å²) >= 11 is 4.89. The maximum absolute atomic E-state index is 10.8. The van der Waals surface area contributed by atoms with Crippen LogP contribution in [0.4, 0.5) is 5.13 Å². The minimum atomic E-state index is -1.07. The van der Waals surface area contributed by atoms with Crippen LogP contribution < -0.4 is 10.6 Å². The molecule has 1 atom stereocenters. The number of anilines is 1. The van der Waals surface area contributed by atoms with Gasteiger partial charge < -0.3 is 15.7 Å². The average Bonchev–Trinajstić information content (AvgIpc) is 2.90. The number of carboxylic acid groups (broad SMARTS) is 1. The van der Waals surface area contributed by atoms with E-state index in [0.29, 0.717) is 12.2 Å². The highest BCUT2D eigenvalue weighted by Gasteiger charge is 2.19. The lowest BCUT2D eigenvalue weighted by atomic mass is 10.2. The van der Waals surface area contributed by atoms with Crippen LogP contribution in [0.5, 0.6) is 0 Å². The van der Waals surface area contributed by atoms with Crippen LogP contribution in [0.15, 0.2) is 34.1 Å². The molecule has 0 amide bonds. The molecule has 3 N–H and O–H groups in total. The lowest BCUT2D eigenvalue weighted by molar-refractivity contribution is -0.138. The van der Waals surface area contributed by atoms with E-state index in [2.05, 4.69) is 20.9 Å². The Morgan fingerprint density at radius 1 is 1.55 bits per heavy atom. The largest absolute Gasteiger partial charge is 0.480 e. The van der Waals surface area contributed by atoms with Crippen LogP contribution in [-0.4, -0.2) is 23.1 Å². The third-order valence-corrected chi connectivity index (χ3v) is 4.53. The second kappa shape index (κ2) is 6.34. The highest BCUT2D eigenvalue weighted by molar-refractivity contribution is 9.10. The Hall–Kier alpha value is -1.44. The Labute approximate surface area is 129 Å². The van der Waals surface area contributed by atoms with Crippen molar-refractivity contribution in [1.82, 2.24) is 4.98 Å². The Kier molecular flexibility index (Phi) is 4.74. The summed E-state index contributed by atoms with van der Waals surface area (Å²) in [5.41, 5.74) is 7.07. The molecule has 20 heavy (non-hydrogen) atoms. The van der Waals surface area contributed by atoms with E-state index in [1.165, 1.54) is 11.3 Å². The quantitative estimate of drug-likeness (QED) is 0.861. The number of thiazole rings is 1. The second-order valence-corrected chi connectivity index (χ2v) is 6.01. The number of nitrogens with zero attached hydrogens (tertiary/aromatic N) is 2. The van der Waals surface area contributed by atoms with Gasteiger partial charge in [0.15, 0.2) is 5.13 Å². The third-order valence-electron chi connectivity index (χ3n) is 2.79. The molecule has 0 aliphatic rings. The van der Waals surface area contributed by atoms with Gasteiger partial charge in [0, 0.05) is 23.4 Å². The molecule has 0 saturated carbocycles. The second-order valence-electron chi connectivity index (χ2n) is 4.32. The Morgan fingerprint density at radius 3 is 2.90 bits per heavy atom. The van der Waals surface area contributed by atoms with Crippen LogP contribution >= 0.6 is 27.3 Å². The molecule has 0 spiro atoms. The molecule has 1 aromatic heterocycles. The van der Waals surface area contributed by atoms with Crippen molar-refractivity contribution in [3.8, 4) is 0 Å². The predicted octanol–water partition coefficient (Wildman–Crippen LogP) is 2.63. The molecule has 0 fully saturated rings. The lowest BCUT2D eigenvalue weighted by Crippen LogP contribution is -2.21. The van der Waals surface area contributed by atoms with Crippen LogP contribution in [-0.2, 0) is 11.3 Å². The van der Waals surface area contributed by atoms with Gasteiger partial charge in [-0.05, 0) is 11.6 Å². The summed E-state index contributed by atoms with van der Waals surface area (Å²) in [5.74, 6) is -1.07. The van der Waals surface area contributed by atoms with Crippen molar-refractivity contribution in [3.05, 3.63) is 45.4 Å². The molecule has 1 aromatic carbocycles. The van der Waals surface area contributed by atoms with Gasteiger partial charge >= 0.3 is 5.97 Å². The molecule has 0 bridgehead atoms. The maximum Gasteiger partial charge on any atom is 0.326 e. The van der Waals surface area contributed by atoms with Crippen LogP contribution in [0.3, 0.4) is 0 Å². The lowest BCUT2D eigenvalue weighted by Gasteiger charge is -2.16. The van der Waals surface area contributed by atoms with Gasteiger partial charge in [-0.3, -0.25) is 4.79 Å². The van der Waals surface area contributed by atoms with Crippen molar-refractivity contribution in [1.29, 1.82) is 0 Å². The Morgan fingerprint density at radius 2 is 2.25 bits per heavy atom. The van der Waals surface area contributed by atoms with E-state index in [4.69, 9.17) is 10.8 Å². The van der Waals surface area contributed by atoms with Gasteiger partial charge in [-0.2, -0.15) is 0 Å². The highest BCUT2D eigenvalue weighted by Crippen LogP contribution is 2.25. The number of aromatic nitrogens is 1. The number of carboxylic acids is 1. The van der Waals surface area contributed by atoms with E-state index in [0.717, 1.165) is 15.2 Å². The molecule has 2 rings (SSSR count). The summed E-state index contributed by atoms with van der Waals surface area (Å²) in [7, 11) is 1.91. The number of hydrogen-bond acceptors (Lipinski definition) is 5. The monoisotopic (exact) mass is 355 g/mol. The van der Waals surface area contributed by atoms with Gasteiger partial charge in [-0.1, -0.05) is 34.1 Å². The van der Waals surface area contributed by atoms with Crippen molar-refractivity contribution >= 4 is 38.4 Å². The van der Waals surface area contributed by atoms with Crippen molar-refractivity contribution in [2.24, 2.45) is 5.73 Å². The highest BCUT2D eigenvalue weighted by atomic mass is 79.9. The van der Waals surface area contributed by atoms with E-state index in [1.54, 1.807) is 5.38 Å². The molecule has 1 heterocycles. The Bertz CT molecular complexity index is 617. The number of aliphatic carboxylic acids is 1. The number of halogens is 1. The molecular formula is C13H14BrN3O2S. The SMILES string of the molecule is CN(Cc1ccccc1Br)c1nc(C(N)C(=O)O)cs1. The molecule has 0 aliphatic heterocycles. The number of rotatable bonds is 5. The van der Waals surface area contributed by atoms with Gasteiger partial charge in [0.25, 0.3) is 0 Å². The molecular weight excluding hydrogens is 342 g/mol. The van der Waals surface area contributed by atoms with Gasteiger partial charge in [-0.15, -0.1) is 11.3 Å². The minimum absolute atomic E-state index is 0.386. The zero-order valence-corrected chi connectivity index (χ0v) is 13.2. The van der Waals surface area contributed by atoms with E-state index in [-0.39, 0.29) is 0 Å². The molecule has 106 valence electrons. The normalized spacial score (nSPS) is 12.2. The number of nitrogens with two attached hydrogens (primary N) is 1. The zero-order chi connectivity index (χ0) is 14.7. The van der Waals surface area contributed by atoms with Gasteiger partial charge in [0.1, 0.15) is 6.04 Å². The standard InChI is InChI=1S/C13H14BrN3O2S/c1-17(6-8-4-2-3-5-9(8)14)13-16-10(7-20-13)11(15)12(18)19/h2-5,7,11H,6,15H2,1H3,(H,18,19). The molecule has 1 unspecified atom stereocenters. The summed E-state index contributed by atoms with van der Waals surface area (Å²) in [4.78, 5) is 17.1. The van der Waals surface area contributed by atoms with Crippen molar-refractivity contribution < 1.29 is 9.90 Å². The summed E-state index contributed by atoms with van der Waals surface area (Å²) in [6, 6.07) is 6.87. The number of carbonyl (C=O) groups is 1. The molecule has 0 saturated heterocycles. The van der Waals surface area contributed by atoms with Crippen molar-refractivity contribution in [2.45, 2.75) is 12.6 Å². The van der Waals surface area contributed by atoms with Crippen molar-refractivity contribution in [2.75, 3.05) is 11.9 Å². The maximum atomic E-state index is 10.8. The predicted molar refractivity (Wildman–Crippen MR) is 82.9 cm³/mol. The Balaban J connectivity index is 2.12. The smallest absolute Gasteiger partial charge is 0.326 e. The molecule has 0 aliphatic carbocycles. The average molecular weight is 356 g/mol. The van der Waals surface area contributed by atoms with E-state index < -0.39 is 12.0 Å². The molecule has 0 radical (unpaired) electrons. The minimum Gasteiger partial charge on any atom is -0.480 e. The van der Waals surface area contributed by atoms with Crippen molar-refractivity contribution in [3.63, 3.8) is 0 Å². The first-order valence-electron chi connectivity index (χ1n) is 5.87. The van der Waals surface area contributed by atoms with Gasteiger partial charge in [0.2, 0.25) is 0 Å². The first-order chi connectivity index (χ1) is 9.49. The summed E-state index contributed by atoms with van der Waals surface area (Å²) in [6.07, 6.45) is 0. The number of benzene rings is 1. The van der Waals surface area contributed by atoms with Crippen LogP contribution in [0, 0.1) is 0 Å². The third kappa shape index (κ3) is 3.36. The zero-order valence-electron chi connectivity index (χ0n) is 10.8. The first-order valence-corrected chi connectivity index (χ1v) is 7.54. The van der Waals surface area contributed by atoms with E-state index >= 15 is 0 Å². The van der Waals surface area contributed by atoms with E-state index in [9.17, 15) is 4.79 Å². The van der Waals surface area contributed by atoms with Crippen LogP contribution in [0.1, 0.15) is 17.3 Å². The fourth-order valence-electron chi connectivity index (χ4n) is 1.67. The molecule has 2 aromatic rings. The molecule has 7 heteroatoms. The summed E-state index contributed by atoms with van der Waals surface area (Å²) < 4.78 is 1.03. The van der Waals surface area contributed by atoms with E-state index in [1.807, 2.05) is 36.2 Å². The topological polar surface area (TPSA) is 79.5 Å². The first kappa shape index (κ1) is 15.0. The fourth-order valence-corrected chi connectivity index (χ4v) is 2.91. The van der Waals surface area contributed by atoms with Crippen LogP contribution in [0.25, 0.3) is 0 Å². The van der Waals surface area contributed by atoms with Crippen LogP contribution in [0.2, 0.25) is 0 Å². The summed E-state index contributed by atoms with van der Waals surface area (Å²) in [5, 5.41) is 11.3. The summed E-state index contributed by atoms with van der Waals surface area (Å²) in [6.45, 7) is 0.677.